The maximum atomic E-state index is 12.1. The van der Waals surface area contributed by atoms with Gasteiger partial charge in [-0.15, -0.1) is 0 Å². The van der Waals surface area contributed by atoms with Gasteiger partial charge in [0, 0.05) is 20.6 Å². The Labute approximate surface area is 127 Å². The van der Waals surface area contributed by atoms with Crippen molar-refractivity contribution in [2.75, 3.05) is 31.7 Å². The van der Waals surface area contributed by atoms with Crippen molar-refractivity contribution >= 4 is 21.4 Å². The van der Waals surface area contributed by atoms with E-state index in [1.807, 2.05) is 6.92 Å². The highest BCUT2D eigenvalue weighted by molar-refractivity contribution is 7.89. The van der Waals surface area contributed by atoms with Crippen LogP contribution in [0.25, 0.3) is 0 Å². The highest BCUT2D eigenvalue weighted by Crippen LogP contribution is 2.25. The van der Waals surface area contributed by atoms with Gasteiger partial charge in [0.1, 0.15) is 0 Å². The van der Waals surface area contributed by atoms with E-state index in [2.05, 4.69) is 5.32 Å². The fourth-order valence-corrected chi connectivity index (χ4v) is 2.90. The van der Waals surface area contributed by atoms with Crippen LogP contribution in [-0.2, 0) is 10.0 Å². The molecule has 6 nitrogen and oxygen atoms in total. The zero-order valence-electron chi connectivity index (χ0n) is 13.0. The number of sulfonamides is 1. The quantitative estimate of drug-likeness (QED) is 0.662. The molecule has 0 spiro atoms. The van der Waals surface area contributed by atoms with Crippen molar-refractivity contribution < 1.29 is 13.5 Å². The van der Waals surface area contributed by atoms with Gasteiger partial charge in [-0.2, -0.15) is 0 Å². The lowest BCUT2D eigenvalue weighted by Crippen LogP contribution is -2.33. The number of nitrogens with zero attached hydrogens (tertiary/aromatic N) is 1. The van der Waals surface area contributed by atoms with E-state index in [1.54, 1.807) is 13.0 Å². The molecule has 0 aliphatic rings. The molecule has 0 saturated heterocycles. The van der Waals surface area contributed by atoms with Crippen LogP contribution < -0.4 is 11.1 Å². The molecule has 1 aromatic carbocycles. The minimum Gasteiger partial charge on any atom is -0.397 e. The first-order valence-electron chi connectivity index (χ1n) is 6.88. The first-order valence-corrected chi connectivity index (χ1v) is 8.32. The molecule has 0 heterocycles. The number of hydrogen-bond acceptors (Lipinski definition) is 5. The van der Waals surface area contributed by atoms with Crippen LogP contribution in [-0.4, -0.2) is 44.1 Å². The third-order valence-electron chi connectivity index (χ3n) is 3.25. The van der Waals surface area contributed by atoms with E-state index in [4.69, 9.17) is 5.73 Å². The maximum Gasteiger partial charge on any atom is 0.242 e. The summed E-state index contributed by atoms with van der Waals surface area (Å²) in [6, 6.07) is 4.51. The van der Waals surface area contributed by atoms with E-state index in [0.717, 1.165) is 10.7 Å². The molecule has 0 amide bonds. The van der Waals surface area contributed by atoms with Crippen LogP contribution in [0.15, 0.2) is 23.1 Å². The number of nitrogens with two attached hydrogens (primary N) is 1. The topological polar surface area (TPSA) is 95.7 Å². The minimum atomic E-state index is -3.50. The summed E-state index contributed by atoms with van der Waals surface area (Å²) in [7, 11) is -0.551. The standard InChI is InChI=1S/C14H25N3O3S/c1-5-8-14(2,18)10-16-13-9-11(6-7-12(13)15)21(19,20)17(3)4/h6-7,9,16,18H,5,8,10,15H2,1-4H3. The first kappa shape index (κ1) is 17.7. The SMILES string of the molecule is CCCC(C)(O)CNc1cc(S(=O)(=O)N(C)C)ccc1N. The predicted octanol–water partition coefficient (Wildman–Crippen LogP) is 1.48. The highest BCUT2D eigenvalue weighted by Gasteiger charge is 2.21. The largest absolute Gasteiger partial charge is 0.397 e. The van der Waals surface area contributed by atoms with Crippen molar-refractivity contribution in [3.05, 3.63) is 18.2 Å². The van der Waals surface area contributed by atoms with Gasteiger partial charge in [0.2, 0.25) is 10.0 Å². The number of nitrogens with one attached hydrogen (secondary N) is 1. The van der Waals surface area contributed by atoms with Gasteiger partial charge in [-0.3, -0.25) is 0 Å². The molecule has 1 aromatic rings. The molecule has 1 atom stereocenters. The molecule has 0 bridgehead atoms. The van der Waals surface area contributed by atoms with Crippen molar-refractivity contribution in [1.82, 2.24) is 4.31 Å². The van der Waals surface area contributed by atoms with Gasteiger partial charge in [0.25, 0.3) is 0 Å². The zero-order valence-corrected chi connectivity index (χ0v) is 13.9. The van der Waals surface area contributed by atoms with E-state index in [0.29, 0.717) is 24.3 Å². The van der Waals surface area contributed by atoms with E-state index in [1.165, 1.54) is 26.2 Å². The average Bonchev–Trinajstić information content (AvgIpc) is 2.37. The molecule has 4 N–H and O–H groups in total. The molecule has 1 rings (SSSR count). The molecule has 0 radical (unpaired) electrons. The molecule has 0 aliphatic heterocycles. The molecule has 0 aromatic heterocycles. The Hall–Kier alpha value is -1.31. The Kier molecular flexibility index (Phi) is 5.61. The van der Waals surface area contributed by atoms with E-state index in [-0.39, 0.29) is 4.90 Å². The first-order chi connectivity index (χ1) is 9.60. The summed E-state index contributed by atoms with van der Waals surface area (Å²) >= 11 is 0. The number of aliphatic hydroxyl groups is 1. The zero-order chi connectivity index (χ0) is 16.3. The maximum absolute atomic E-state index is 12.1. The molecular formula is C14H25N3O3S. The van der Waals surface area contributed by atoms with E-state index < -0.39 is 15.6 Å². The van der Waals surface area contributed by atoms with Crippen LogP contribution in [0.5, 0.6) is 0 Å². The smallest absolute Gasteiger partial charge is 0.242 e. The lowest BCUT2D eigenvalue weighted by atomic mass is 10.0. The Morgan fingerprint density at radius 2 is 2.00 bits per heavy atom. The Balaban J connectivity index is 2.99. The monoisotopic (exact) mass is 315 g/mol. The lowest BCUT2D eigenvalue weighted by molar-refractivity contribution is 0.0637. The van der Waals surface area contributed by atoms with Gasteiger partial charge in [0.05, 0.1) is 21.9 Å². The normalized spacial score (nSPS) is 15.0. The van der Waals surface area contributed by atoms with E-state index in [9.17, 15) is 13.5 Å². The average molecular weight is 315 g/mol. The van der Waals surface area contributed by atoms with Crippen LogP contribution in [0.2, 0.25) is 0 Å². The molecule has 1 unspecified atom stereocenters. The van der Waals surface area contributed by atoms with Crippen LogP contribution >= 0.6 is 0 Å². The fraction of sp³-hybridized carbons (Fsp3) is 0.571. The third-order valence-corrected chi connectivity index (χ3v) is 5.06. The van der Waals surface area contributed by atoms with Gasteiger partial charge in [0.15, 0.2) is 0 Å². The Morgan fingerprint density at radius 1 is 1.38 bits per heavy atom. The number of benzene rings is 1. The van der Waals surface area contributed by atoms with Crippen molar-refractivity contribution in [2.24, 2.45) is 0 Å². The summed E-state index contributed by atoms with van der Waals surface area (Å²) in [5.41, 5.74) is 5.95. The second kappa shape index (κ2) is 6.64. The van der Waals surface area contributed by atoms with Crippen molar-refractivity contribution in [3.8, 4) is 0 Å². The predicted molar refractivity (Wildman–Crippen MR) is 85.7 cm³/mol. The summed E-state index contributed by atoms with van der Waals surface area (Å²) in [6.07, 6.45) is 1.51. The van der Waals surface area contributed by atoms with Gasteiger partial charge in [-0.25, -0.2) is 12.7 Å². The summed E-state index contributed by atoms with van der Waals surface area (Å²) in [4.78, 5) is 0.166. The van der Waals surface area contributed by atoms with Crippen molar-refractivity contribution in [2.45, 2.75) is 37.2 Å². The number of nitrogen functional groups attached to an aromatic ring is 1. The molecule has 120 valence electrons. The third kappa shape index (κ3) is 4.59. The van der Waals surface area contributed by atoms with Gasteiger partial charge in [-0.05, 0) is 31.5 Å². The Morgan fingerprint density at radius 3 is 2.52 bits per heavy atom. The van der Waals surface area contributed by atoms with Crippen LogP contribution in [0.1, 0.15) is 26.7 Å². The second-order valence-corrected chi connectivity index (χ2v) is 7.79. The van der Waals surface area contributed by atoms with Crippen LogP contribution in [0, 0.1) is 0 Å². The van der Waals surface area contributed by atoms with Gasteiger partial charge < -0.3 is 16.2 Å². The minimum absolute atomic E-state index is 0.166. The molecule has 0 aliphatic carbocycles. The summed E-state index contributed by atoms with van der Waals surface area (Å²) in [5.74, 6) is 0. The fourth-order valence-electron chi connectivity index (χ4n) is 1.97. The number of anilines is 2. The number of hydrogen-bond donors (Lipinski definition) is 3. The molecule has 21 heavy (non-hydrogen) atoms. The molecule has 7 heteroatoms. The summed E-state index contributed by atoms with van der Waals surface area (Å²) < 4.78 is 25.4. The van der Waals surface area contributed by atoms with Crippen LogP contribution in [0.3, 0.4) is 0 Å². The summed E-state index contributed by atoms with van der Waals surface area (Å²) in [6.45, 7) is 4.03. The summed E-state index contributed by atoms with van der Waals surface area (Å²) in [5, 5.41) is 13.2. The lowest BCUT2D eigenvalue weighted by Gasteiger charge is -2.24. The van der Waals surface area contributed by atoms with Crippen molar-refractivity contribution in [1.29, 1.82) is 0 Å². The van der Waals surface area contributed by atoms with E-state index >= 15 is 0 Å². The molecule has 0 fully saturated rings. The molecule has 0 saturated carbocycles. The second-order valence-electron chi connectivity index (χ2n) is 5.64. The highest BCUT2D eigenvalue weighted by atomic mass is 32.2. The van der Waals surface area contributed by atoms with Gasteiger partial charge >= 0.3 is 0 Å². The van der Waals surface area contributed by atoms with Crippen molar-refractivity contribution in [3.63, 3.8) is 0 Å². The Bertz CT molecular complexity index is 583. The van der Waals surface area contributed by atoms with Crippen LogP contribution in [0.4, 0.5) is 11.4 Å². The molecular weight excluding hydrogens is 290 g/mol. The number of rotatable bonds is 7. The van der Waals surface area contributed by atoms with Gasteiger partial charge in [-0.1, -0.05) is 13.3 Å².